The predicted octanol–water partition coefficient (Wildman–Crippen LogP) is 3.70. The highest BCUT2D eigenvalue weighted by atomic mass is 19.4. The Labute approximate surface area is 127 Å². The van der Waals surface area contributed by atoms with Gasteiger partial charge in [-0.05, 0) is 25.5 Å². The molecule has 1 saturated carbocycles. The number of alkyl halides is 3. The van der Waals surface area contributed by atoms with Crippen molar-refractivity contribution in [1.29, 1.82) is 0 Å². The van der Waals surface area contributed by atoms with Gasteiger partial charge < -0.3 is 4.57 Å². The summed E-state index contributed by atoms with van der Waals surface area (Å²) in [6, 6.07) is 8.26. The van der Waals surface area contributed by atoms with Gasteiger partial charge in [-0.15, -0.1) is 0 Å². The number of benzene rings is 1. The highest BCUT2D eigenvalue weighted by Crippen LogP contribution is 2.31. The van der Waals surface area contributed by atoms with Crippen molar-refractivity contribution in [3.63, 3.8) is 0 Å². The third-order valence-electron chi connectivity index (χ3n) is 3.98. The molecule has 0 unspecified atom stereocenters. The Morgan fingerprint density at radius 3 is 2.36 bits per heavy atom. The molecule has 6 heteroatoms. The van der Waals surface area contributed by atoms with Crippen molar-refractivity contribution in [2.24, 2.45) is 7.05 Å². The second kappa shape index (κ2) is 5.43. The molecule has 0 N–H and O–H groups in total. The molecule has 0 bridgehead atoms. The lowest BCUT2D eigenvalue weighted by Crippen LogP contribution is -2.19. The van der Waals surface area contributed by atoms with Crippen molar-refractivity contribution in [3.05, 3.63) is 41.7 Å². The standard InChI is InChI=1S/C16H18F3N3/c1-21(13-7-8-13)9-11-3-5-12(6-4-11)15-20-14(10-22(15)2)16(17,18)19/h3-6,10,13H,7-9H2,1-2H3. The molecule has 1 aromatic carbocycles. The summed E-state index contributed by atoms with van der Waals surface area (Å²) in [5.41, 5.74) is 0.988. The molecule has 0 aliphatic heterocycles. The van der Waals surface area contributed by atoms with E-state index in [1.54, 1.807) is 7.05 Å². The Bertz CT molecular complexity index is 654. The molecule has 1 fully saturated rings. The first kappa shape index (κ1) is 15.1. The second-order valence-electron chi connectivity index (χ2n) is 5.90. The maximum Gasteiger partial charge on any atom is 0.434 e. The van der Waals surface area contributed by atoms with Crippen LogP contribution in [0.5, 0.6) is 0 Å². The smallest absolute Gasteiger partial charge is 0.333 e. The third-order valence-corrected chi connectivity index (χ3v) is 3.98. The lowest BCUT2D eigenvalue weighted by molar-refractivity contribution is -0.140. The van der Waals surface area contributed by atoms with Gasteiger partial charge in [0.05, 0.1) is 0 Å². The highest BCUT2D eigenvalue weighted by molar-refractivity contribution is 5.56. The van der Waals surface area contributed by atoms with Crippen molar-refractivity contribution < 1.29 is 13.2 Å². The van der Waals surface area contributed by atoms with Crippen molar-refractivity contribution in [3.8, 4) is 11.4 Å². The van der Waals surface area contributed by atoms with Crippen LogP contribution in [-0.2, 0) is 19.8 Å². The molecule has 0 saturated heterocycles. The summed E-state index contributed by atoms with van der Waals surface area (Å²) in [5, 5.41) is 0. The monoisotopic (exact) mass is 309 g/mol. The molecule has 3 rings (SSSR count). The first-order valence-electron chi connectivity index (χ1n) is 7.24. The van der Waals surface area contributed by atoms with Crippen molar-refractivity contribution in [2.45, 2.75) is 31.6 Å². The first-order chi connectivity index (χ1) is 10.3. The van der Waals surface area contributed by atoms with Crippen LogP contribution < -0.4 is 0 Å². The van der Waals surface area contributed by atoms with Gasteiger partial charge in [-0.3, -0.25) is 4.90 Å². The molecule has 1 aliphatic carbocycles. The summed E-state index contributed by atoms with van der Waals surface area (Å²) in [6.07, 6.45) is -0.892. The predicted molar refractivity (Wildman–Crippen MR) is 78.1 cm³/mol. The Kier molecular flexibility index (Phi) is 3.72. The van der Waals surface area contributed by atoms with Crippen LogP contribution in [0.1, 0.15) is 24.1 Å². The molecule has 0 atom stereocenters. The summed E-state index contributed by atoms with van der Waals surface area (Å²) < 4.78 is 39.5. The Morgan fingerprint density at radius 1 is 1.23 bits per heavy atom. The molecule has 1 aromatic heterocycles. The minimum Gasteiger partial charge on any atom is -0.333 e. The van der Waals surface area contributed by atoms with Gasteiger partial charge in [-0.25, -0.2) is 4.98 Å². The Hall–Kier alpha value is -1.82. The maximum absolute atomic E-state index is 12.7. The number of hydrogen-bond acceptors (Lipinski definition) is 2. The summed E-state index contributed by atoms with van der Waals surface area (Å²) in [5.74, 6) is 0.328. The minimum absolute atomic E-state index is 0.328. The zero-order valence-corrected chi connectivity index (χ0v) is 12.6. The van der Waals surface area contributed by atoms with Gasteiger partial charge in [0.2, 0.25) is 0 Å². The van der Waals surface area contributed by atoms with Gasteiger partial charge in [0, 0.05) is 31.4 Å². The van der Waals surface area contributed by atoms with Crippen LogP contribution in [0.2, 0.25) is 0 Å². The average Bonchev–Trinajstić information content (AvgIpc) is 3.22. The summed E-state index contributed by atoms with van der Waals surface area (Å²) in [6.45, 7) is 0.860. The van der Waals surface area contributed by atoms with E-state index in [-0.39, 0.29) is 0 Å². The summed E-state index contributed by atoms with van der Waals surface area (Å²) >= 11 is 0. The fourth-order valence-electron chi connectivity index (χ4n) is 2.56. The highest BCUT2D eigenvalue weighted by Gasteiger charge is 2.34. The van der Waals surface area contributed by atoms with Crippen molar-refractivity contribution >= 4 is 0 Å². The minimum atomic E-state index is -4.41. The Balaban J connectivity index is 1.79. The first-order valence-corrected chi connectivity index (χ1v) is 7.24. The van der Waals surface area contributed by atoms with E-state index in [0.717, 1.165) is 18.3 Å². The van der Waals surface area contributed by atoms with Crippen LogP contribution in [0.25, 0.3) is 11.4 Å². The fourth-order valence-corrected chi connectivity index (χ4v) is 2.56. The Morgan fingerprint density at radius 2 is 1.86 bits per heavy atom. The molecule has 2 aromatic rings. The van der Waals surface area contributed by atoms with Crippen LogP contribution >= 0.6 is 0 Å². The number of hydrogen-bond donors (Lipinski definition) is 0. The molecule has 3 nitrogen and oxygen atoms in total. The topological polar surface area (TPSA) is 21.1 Å². The van der Waals surface area contributed by atoms with Gasteiger partial charge in [0.25, 0.3) is 0 Å². The number of aromatic nitrogens is 2. The van der Waals surface area contributed by atoms with Crippen LogP contribution in [0.4, 0.5) is 13.2 Å². The number of halogens is 3. The van der Waals surface area contributed by atoms with Gasteiger partial charge in [-0.2, -0.15) is 13.2 Å². The van der Waals surface area contributed by atoms with Crippen LogP contribution in [0.3, 0.4) is 0 Å². The quantitative estimate of drug-likeness (QED) is 0.858. The zero-order valence-electron chi connectivity index (χ0n) is 12.6. The zero-order chi connectivity index (χ0) is 15.9. The van der Waals surface area contributed by atoms with Gasteiger partial charge in [0.1, 0.15) is 5.82 Å². The van der Waals surface area contributed by atoms with Gasteiger partial charge in [0.15, 0.2) is 5.69 Å². The molecule has 0 radical (unpaired) electrons. The van der Waals surface area contributed by atoms with E-state index >= 15 is 0 Å². The van der Waals surface area contributed by atoms with Crippen LogP contribution in [-0.4, -0.2) is 27.5 Å². The van der Waals surface area contributed by atoms with Gasteiger partial charge in [-0.1, -0.05) is 24.3 Å². The van der Waals surface area contributed by atoms with Crippen molar-refractivity contribution in [1.82, 2.24) is 14.5 Å². The number of nitrogens with zero attached hydrogens (tertiary/aromatic N) is 3. The second-order valence-corrected chi connectivity index (χ2v) is 5.90. The SMILES string of the molecule is CN(Cc1ccc(-c2nc(C(F)(F)F)cn2C)cc1)C1CC1. The lowest BCUT2D eigenvalue weighted by atomic mass is 10.1. The van der Waals surface area contributed by atoms with E-state index in [2.05, 4.69) is 16.9 Å². The van der Waals surface area contributed by atoms with E-state index in [0.29, 0.717) is 17.4 Å². The maximum atomic E-state index is 12.7. The normalized spacial score (nSPS) is 15.5. The van der Waals surface area contributed by atoms with E-state index in [9.17, 15) is 13.2 Å². The van der Waals surface area contributed by atoms with E-state index in [4.69, 9.17) is 0 Å². The number of imidazole rings is 1. The molecular formula is C16H18F3N3. The van der Waals surface area contributed by atoms with Crippen LogP contribution in [0, 0.1) is 0 Å². The van der Waals surface area contributed by atoms with E-state index < -0.39 is 11.9 Å². The fraction of sp³-hybridized carbons (Fsp3) is 0.438. The summed E-state index contributed by atoms with van der Waals surface area (Å²) in [4.78, 5) is 6.01. The molecule has 1 aliphatic rings. The molecule has 1 heterocycles. The molecular weight excluding hydrogens is 291 g/mol. The van der Waals surface area contributed by atoms with Crippen LogP contribution in [0.15, 0.2) is 30.5 Å². The average molecular weight is 309 g/mol. The van der Waals surface area contributed by atoms with E-state index in [1.807, 2.05) is 24.3 Å². The van der Waals surface area contributed by atoms with Crippen molar-refractivity contribution in [2.75, 3.05) is 7.05 Å². The number of rotatable bonds is 4. The van der Waals surface area contributed by atoms with Gasteiger partial charge >= 0.3 is 6.18 Å². The third kappa shape index (κ3) is 3.16. The lowest BCUT2D eigenvalue weighted by Gasteiger charge is -2.15. The molecule has 0 spiro atoms. The molecule has 22 heavy (non-hydrogen) atoms. The van der Waals surface area contributed by atoms with E-state index in [1.165, 1.54) is 17.4 Å². The molecule has 118 valence electrons. The summed E-state index contributed by atoms with van der Waals surface area (Å²) in [7, 11) is 3.67. The number of aryl methyl sites for hydroxylation is 1. The molecule has 0 amide bonds. The largest absolute Gasteiger partial charge is 0.434 e.